The summed E-state index contributed by atoms with van der Waals surface area (Å²) >= 11 is 1.89. The van der Waals surface area contributed by atoms with Gasteiger partial charge in [0.15, 0.2) is 0 Å². The topological polar surface area (TPSA) is 41.1 Å². The second kappa shape index (κ2) is 3.97. The molecule has 0 spiro atoms. The van der Waals surface area contributed by atoms with Crippen molar-refractivity contribution in [3.05, 3.63) is 0 Å². The van der Waals surface area contributed by atoms with E-state index >= 15 is 0 Å². The fourth-order valence-electron chi connectivity index (χ4n) is 1.47. The Hall–Kier alpha value is -0.220. The maximum atomic E-state index is 10.2. The van der Waals surface area contributed by atoms with Gasteiger partial charge in [-0.05, 0) is 7.05 Å². The van der Waals surface area contributed by atoms with E-state index in [0.29, 0.717) is 17.3 Å². The molecule has 1 aliphatic rings. The fraction of sp³-hybridized carbons (Fsp3) is 0.857. The predicted octanol–water partition coefficient (Wildman–Crippen LogP) is -0.176. The fourth-order valence-corrected chi connectivity index (χ4v) is 2.81. The molecule has 1 aliphatic heterocycles. The van der Waals surface area contributed by atoms with Crippen molar-refractivity contribution < 1.29 is 4.79 Å². The van der Waals surface area contributed by atoms with Crippen LogP contribution in [0.4, 0.5) is 0 Å². The third kappa shape index (κ3) is 1.87. The van der Waals surface area contributed by atoms with Gasteiger partial charge in [0.05, 0.1) is 6.04 Å². The van der Waals surface area contributed by atoms with E-state index in [4.69, 9.17) is 0 Å². The first-order valence-corrected chi connectivity index (χ1v) is 4.83. The van der Waals surface area contributed by atoms with Crippen LogP contribution in [0, 0.1) is 0 Å². The minimum absolute atomic E-state index is 0.303. The number of hydrogen-bond acceptors (Lipinski definition) is 3. The molecule has 11 heavy (non-hydrogen) atoms. The van der Waals surface area contributed by atoms with Gasteiger partial charge in [0.1, 0.15) is 0 Å². The monoisotopic (exact) mass is 174 g/mol. The maximum Gasteiger partial charge on any atom is 0.207 e. The van der Waals surface area contributed by atoms with Crippen LogP contribution in [0.15, 0.2) is 0 Å². The molecule has 64 valence electrons. The molecule has 0 aliphatic carbocycles. The van der Waals surface area contributed by atoms with Crippen LogP contribution in [-0.4, -0.2) is 36.5 Å². The average molecular weight is 174 g/mol. The lowest BCUT2D eigenvalue weighted by molar-refractivity contribution is -0.110. The Morgan fingerprint density at radius 1 is 1.64 bits per heavy atom. The molecule has 1 saturated heterocycles. The van der Waals surface area contributed by atoms with Crippen LogP contribution in [-0.2, 0) is 4.79 Å². The van der Waals surface area contributed by atoms with Crippen LogP contribution in [0.5, 0.6) is 0 Å². The van der Waals surface area contributed by atoms with E-state index in [1.165, 1.54) is 0 Å². The highest BCUT2D eigenvalue weighted by Gasteiger charge is 2.32. The van der Waals surface area contributed by atoms with Crippen molar-refractivity contribution in [2.45, 2.75) is 24.3 Å². The minimum atomic E-state index is 0.303. The molecule has 3 unspecified atom stereocenters. The van der Waals surface area contributed by atoms with E-state index in [1.807, 2.05) is 18.8 Å². The molecule has 0 aromatic rings. The summed E-state index contributed by atoms with van der Waals surface area (Å²) in [5.74, 6) is 1.02. The van der Waals surface area contributed by atoms with Crippen LogP contribution in [0.2, 0.25) is 0 Å². The van der Waals surface area contributed by atoms with Crippen molar-refractivity contribution in [1.82, 2.24) is 10.6 Å². The highest BCUT2D eigenvalue weighted by atomic mass is 32.2. The van der Waals surface area contributed by atoms with E-state index in [2.05, 4.69) is 17.6 Å². The second-order valence-electron chi connectivity index (χ2n) is 2.74. The molecule has 3 nitrogen and oxygen atoms in total. The molecule has 1 heterocycles. The zero-order chi connectivity index (χ0) is 8.27. The molecule has 3 atom stereocenters. The summed E-state index contributed by atoms with van der Waals surface area (Å²) in [6.45, 7) is 2.18. The Balaban J connectivity index is 2.46. The number of likely N-dealkylation sites (N-methyl/N-ethyl adjacent to an activating group) is 1. The summed E-state index contributed by atoms with van der Waals surface area (Å²) in [6, 6.07) is 0.725. The second-order valence-corrected chi connectivity index (χ2v) is 4.15. The summed E-state index contributed by atoms with van der Waals surface area (Å²) in [7, 11) is 1.94. The molecule has 0 radical (unpaired) electrons. The van der Waals surface area contributed by atoms with Gasteiger partial charge in [0, 0.05) is 17.0 Å². The van der Waals surface area contributed by atoms with Crippen molar-refractivity contribution in [1.29, 1.82) is 0 Å². The van der Waals surface area contributed by atoms with Gasteiger partial charge in [-0.3, -0.25) is 4.79 Å². The largest absolute Gasteiger partial charge is 0.353 e. The van der Waals surface area contributed by atoms with E-state index in [0.717, 1.165) is 12.2 Å². The maximum absolute atomic E-state index is 10.2. The third-order valence-electron chi connectivity index (χ3n) is 2.09. The van der Waals surface area contributed by atoms with Gasteiger partial charge >= 0.3 is 0 Å². The first-order valence-electron chi connectivity index (χ1n) is 3.78. The zero-order valence-corrected chi connectivity index (χ0v) is 7.65. The Morgan fingerprint density at radius 2 is 2.36 bits per heavy atom. The number of carbonyl (C=O) groups excluding carboxylic acids is 1. The third-order valence-corrected chi connectivity index (χ3v) is 3.46. The summed E-state index contributed by atoms with van der Waals surface area (Å²) < 4.78 is 0. The van der Waals surface area contributed by atoms with Gasteiger partial charge in [0.25, 0.3) is 0 Å². The normalized spacial score (nSPS) is 37.1. The Morgan fingerprint density at radius 3 is 2.91 bits per heavy atom. The number of nitrogens with one attached hydrogen (secondary N) is 2. The van der Waals surface area contributed by atoms with E-state index < -0.39 is 0 Å². The quantitative estimate of drug-likeness (QED) is 0.583. The molecule has 0 saturated carbocycles. The molecule has 0 aromatic heterocycles. The van der Waals surface area contributed by atoms with Crippen molar-refractivity contribution in [3.8, 4) is 0 Å². The van der Waals surface area contributed by atoms with Gasteiger partial charge in [-0.25, -0.2) is 0 Å². The highest BCUT2D eigenvalue weighted by Crippen LogP contribution is 2.26. The molecule has 0 aromatic carbocycles. The molecule has 4 heteroatoms. The predicted molar refractivity (Wildman–Crippen MR) is 47.8 cm³/mol. The van der Waals surface area contributed by atoms with Crippen LogP contribution >= 0.6 is 11.8 Å². The lowest BCUT2D eigenvalue weighted by Crippen LogP contribution is -2.47. The number of carbonyl (C=O) groups is 1. The molecule has 2 N–H and O–H groups in total. The molecule has 1 rings (SSSR count). The van der Waals surface area contributed by atoms with Gasteiger partial charge in [-0.1, -0.05) is 6.92 Å². The first-order chi connectivity index (χ1) is 5.29. The zero-order valence-electron chi connectivity index (χ0n) is 6.83. The van der Waals surface area contributed by atoms with Crippen LogP contribution in [0.3, 0.4) is 0 Å². The number of amides is 1. The minimum Gasteiger partial charge on any atom is -0.353 e. The van der Waals surface area contributed by atoms with Crippen molar-refractivity contribution in [2.24, 2.45) is 0 Å². The number of thioether (sulfide) groups is 1. The van der Waals surface area contributed by atoms with Crippen molar-refractivity contribution >= 4 is 18.2 Å². The van der Waals surface area contributed by atoms with Gasteiger partial charge in [-0.15, -0.1) is 0 Å². The lowest BCUT2D eigenvalue weighted by atomic mass is 10.1. The Bertz CT molecular complexity index is 142. The number of rotatable bonds is 3. The Labute approximate surface area is 71.3 Å². The first kappa shape index (κ1) is 8.87. The van der Waals surface area contributed by atoms with E-state index in [-0.39, 0.29) is 0 Å². The van der Waals surface area contributed by atoms with Crippen LogP contribution in [0.1, 0.15) is 6.92 Å². The molecular weight excluding hydrogens is 160 g/mol. The molecule has 1 amide bonds. The van der Waals surface area contributed by atoms with E-state index in [1.54, 1.807) is 0 Å². The number of hydrogen-bond donors (Lipinski definition) is 2. The lowest BCUT2D eigenvalue weighted by Gasteiger charge is -2.19. The summed E-state index contributed by atoms with van der Waals surface area (Å²) in [4.78, 5) is 10.2. The van der Waals surface area contributed by atoms with Gasteiger partial charge < -0.3 is 10.6 Å². The molecule has 1 fully saturated rings. The summed E-state index contributed by atoms with van der Waals surface area (Å²) in [5, 5.41) is 6.61. The van der Waals surface area contributed by atoms with Crippen LogP contribution in [0.25, 0.3) is 0 Å². The van der Waals surface area contributed by atoms with Gasteiger partial charge in [-0.2, -0.15) is 11.8 Å². The Kier molecular flexibility index (Phi) is 3.20. The SMILES string of the molecule is CNC1C(NC=O)CSC1C. The van der Waals surface area contributed by atoms with E-state index in [9.17, 15) is 4.79 Å². The van der Waals surface area contributed by atoms with Crippen molar-refractivity contribution in [3.63, 3.8) is 0 Å². The average Bonchev–Trinajstić information content (AvgIpc) is 2.33. The van der Waals surface area contributed by atoms with Crippen LogP contribution < -0.4 is 10.6 Å². The summed E-state index contributed by atoms with van der Waals surface area (Å²) in [5.41, 5.74) is 0. The molecule has 0 bridgehead atoms. The van der Waals surface area contributed by atoms with Gasteiger partial charge in [0.2, 0.25) is 6.41 Å². The highest BCUT2D eigenvalue weighted by molar-refractivity contribution is 8.00. The molecular formula is C7H14N2OS. The van der Waals surface area contributed by atoms with Crippen molar-refractivity contribution in [2.75, 3.05) is 12.8 Å². The standard InChI is InChI=1S/C7H14N2OS/c1-5-7(8-2)6(3-11-5)9-4-10/h4-8H,3H2,1-2H3,(H,9,10). The summed E-state index contributed by atoms with van der Waals surface area (Å²) in [6.07, 6.45) is 0.785. The smallest absolute Gasteiger partial charge is 0.207 e.